The molecule has 0 bridgehead atoms. The topological polar surface area (TPSA) is 65.0 Å². The number of para-hydroxylation sites is 2. The summed E-state index contributed by atoms with van der Waals surface area (Å²) in [6.07, 6.45) is 0. The Morgan fingerprint density at radius 3 is 1.75 bits per heavy atom. The smallest absolute Gasteiger partial charge is 0.164 e. The van der Waals surface area contributed by atoms with Crippen LogP contribution in [0.5, 0.6) is 0 Å². The Balaban J connectivity index is 1.09. The minimum absolute atomic E-state index is 0.582. The lowest BCUT2D eigenvalue weighted by molar-refractivity contribution is 0.669. The Hall–Kier alpha value is -7.63. The standard InChI is InChI=1S/C51H29N3O2/c1-2-10-30(11-3-1)39-15-8-16-41-47-42(17-9-19-44(47)56-48(39)41)51-53-49(34-22-25-37-32(28-34)21-20-31-12-4-5-13-36(31)37)52-50(54-51)35-23-26-38-33(29-35)24-27-45-46(38)40-14-6-7-18-43(40)55-45/h1-29H. The van der Waals surface area contributed by atoms with Crippen LogP contribution < -0.4 is 0 Å². The van der Waals surface area contributed by atoms with E-state index in [0.717, 1.165) is 87.9 Å². The maximum atomic E-state index is 6.64. The van der Waals surface area contributed by atoms with Crippen LogP contribution >= 0.6 is 0 Å². The lowest BCUT2D eigenvalue weighted by atomic mass is 9.99. The van der Waals surface area contributed by atoms with E-state index in [1.165, 1.54) is 16.2 Å². The van der Waals surface area contributed by atoms with E-state index in [1.807, 2.05) is 30.3 Å². The Morgan fingerprint density at radius 2 is 0.893 bits per heavy atom. The molecule has 56 heavy (non-hydrogen) atoms. The summed E-state index contributed by atoms with van der Waals surface area (Å²) >= 11 is 0. The van der Waals surface area contributed by atoms with Crippen molar-refractivity contribution >= 4 is 76.2 Å². The molecule has 12 rings (SSSR count). The molecule has 0 aliphatic carbocycles. The summed E-state index contributed by atoms with van der Waals surface area (Å²) in [5, 5.41) is 11.2. The van der Waals surface area contributed by atoms with E-state index in [0.29, 0.717) is 17.5 Å². The molecule has 3 heterocycles. The summed E-state index contributed by atoms with van der Waals surface area (Å²) in [6, 6.07) is 61.0. The van der Waals surface area contributed by atoms with E-state index in [4.69, 9.17) is 23.8 Å². The number of hydrogen-bond donors (Lipinski definition) is 0. The Bertz CT molecular complexity index is 3550. The van der Waals surface area contributed by atoms with Gasteiger partial charge < -0.3 is 8.83 Å². The number of nitrogens with zero attached hydrogens (tertiary/aromatic N) is 3. The van der Waals surface area contributed by atoms with Crippen molar-refractivity contribution in [3.8, 4) is 45.3 Å². The van der Waals surface area contributed by atoms with Gasteiger partial charge in [-0.05, 0) is 68.2 Å². The third kappa shape index (κ3) is 4.71. The molecule has 9 aromatic carbocycles. The van der Waals surface area contributed by atoms with Crippen LogP contribution in [0, 0.1) is 0 Å². The molecule has 260 valence electrons. The van der Waals surface area contributed by atoms with Crippen molar-refractivity contribution < 1.29 is 8.83 Å². The van der Waals surface area contributed by atoms with Gasteiger partial charge in [-0.3, -0.25) is 0 Å². The highest BCUT2D eigenvalue weighted by molar-refractivity contribution is 6.19. The van der Waals surface area contributed by atoms with Gasteiger partial charge in [-0.2, -0.15) is 0 Å². The van der Waals surface area contributed by atoms with Crippen LogP contribution in [-0.2, 0) is 0 Å². The van der Waals surface area contributed by atoms with Crippen LogP contribution in [0.3, 0.4) is 0 Å². The molecule has 0 fully saturated rings. The number of hydrogen-bond acceptors (Lipinski definition) is 5. The Kier molecular flexibility index (Phi) is 6.56. The van der Waals surface area contributed by atoms with Crippen molar-refractivity contribution in [1.29, 1.82) is 0 Å². The summed E-state index contributed by atoms with van der Waals surface area (Å²) in [4.78, 5) is 15.7. The number of furan rings is 2. The second-order valence-electron chi connectivity index (χ2n) is 14.3. The first-order valence-corrected chi connectivity index (χ1v) is 18.8. The molecule has 0 saturated heterocycles. The van der Waals surface area contributed by atoms with Gasteiger partial charge in [0.2, 0.25) is 0 Å². The van der Waals surface area contributed by atoms with E-state index in [-0.39, 0.29) is 0 Å². The van der Waals surface area contributed by atoms with E-state index < -0.39 is 0 Å². The maximum absolute atomic E-state index is 6.64. The minimum atomic E-state index is 0.582. The van der Waals surface area contributed by atoms with E-state index >= 15 is 0 Å². The molecule has 0 atom stereocenters. The SMILES string of the molecule is c1ccc(-c2cccc3c2oc2cccc(-c4nc(-c5ccc6c(ccc7ccccc76)c5)nc(-c5ccc6c(ccc7oc8ccccc8c76)c5)n4)c23)cc1. The molecular weight excluding hydrogens is 687 g/mol. The fraction of sp³-hybridized carbons (Fsp3) is 0. The van der Waals surface area contributed by atoms with Crippen LogP contribution in [0.4, 0.5) is 0 Å². The summed E-state index contributed by atoms with van der Waals surface area (Å²) in [5.74, 6) is 1.78. The summed E-state index contributed by atoms with van der Waals surface area (Å²) in [5.41, 5.74) is 8.22. The lowest BCUT2D eigenvalue weighted by Gasteiger charge is -2.11. The molecule has 0 amide bonds. The highest BCUT2D eigenvalue weighted by Gasteiger charge is 2.20. The number of aromatic nitrogens is 3. The summed E-state index contributed by atoms with van der Waals surface area (Å²) in [7, 11) is 0. The van der Waals surface area contributed by atoms with E-state index in [9.17, 15) is 0 Å². The van der Waals surface area contributed by atoms with Gasteiger partial charge in [0, 0.05) is 43.8 Å². The zero-order valence-electron chi connectivity index (χ0n) is 29.9. The number of benzene rings is 9. The van der Waals surface area contributed by atoms with E-state index in [2.05, 4.69) is 146 Å². The van der Waals surface area contributed by atoms with Gasteiger partial charge in [-0.15, -0.1) is 0 Å². The average Bonchev–Trinajstić information content (AvgIpc) is 3.85. The molecule has 0 aliphatic rings. The molecule has 5 nitrogen and oxygen atoms in total. The summed E-state index contributed by atoms with van der Waals surface area (Å²) < 4.78 is 12.9. The van der Waals surface area contributed by atoms with Crippen LogP contribution in [0.15, 0.2) is 185 Å². The first kappa shape index (κ1) is 30.8. The normalized spacial score (nSPS) is 11.9. The third-order valence-corrected chi connectivity index (χ3v) is 11.1. The largest absolute Gasteiger partial charge is 0.456 e. The second-order valence-corrected chi connectivity index (χ2v) is 14.3. The van der Waals surface area contributed by atoms with Crippen molar-refractivity contribution in [2.45, 2.75) is 0 Å². The van der Waals surface area contributed by atoms with Gasteiger partial charge in [0.15, 0.2) is 17.5 Å². The monoisotopic (exact) mass is 715 g/mol. The van der Waals surface area contributed by atoms with Crippen molar-refractivity contribution in [3.63, 3.8) is 0 Å². The Labute approximate surface area is 320 Å². The van der Waals surface area contributed by atoms with Gasteiger partial charge in [0.1, 0.15) is 22.3 Å². The van der Waals surface area contributed by atoms with Crippen LogP contribution in [0.25, 0.3) is 121 Å². The molecule has 12 aromatic rings. The lowest BCUT2D eigenvalue weighted by Crippen LogP contribution is -2.00. The zero-order valence-corrected chi connectivity index (χ0v) is 29.9. The van der Waals surface area contributed by atoms with E-state index in [1.54, 1.807) is 0 Å². The molecule has 0 unspecified atom stereocenters. The Morgan fingerprint density at radius 1 is 0.304 bits per heavy atom. The molecule has 3 aromatic heterocycles. The second kappa shape index (κ2) is 11.9. The van der Waals surface area contributed by atoms with Crippen LogP contribution in [-0.4, -0.2) is 15.0 Å². The fourth-order valence-electron chi connectivity index (χ4n) is 8.48. The molecule has 0 N–H and O–H groups in total. The predicted octanol–water partition coefficient (Wildman–Crippen LogP) is 13.8. The van der Waals surface area contributed by atoms with Crippen molar-refractivity contribution in [3.05, 3.63) is 176 Å². The molecule has 0 spiro atoms. The number of fused-ring (bicyclic) bond motifs is 11. The van der Waals surface area contributed by atoms with Crippen LogP contribution in [0.1, 0.15) is 0 Å². The van der Waals surface area contributed by atoms with Crippen molar-refractivity contribution in [1.82, 2.24) is 15.0 Å². The quantitative estimate of drug-likeness (QED) is 0.170. The van der Waals surface area contributed by atoms with Gasteiger partial charge in [0.25, 0.3) is 0 Å². The van der Waals surface area contributed by atoms with Gasteiger partial charge in [-0.1, -0.05) is 146 Å². The van der Waals surface area contributed by atoms with Gasteiger partial charge in [0.05, 0.1) is 0 Å². The minimum Gasteiger partial charge on any atom is -0.456 e. The highest BCUT2D eigenvalue weighted by atomic mass is 16.3. The zero-order chi connectivity index (χ0) is 36.7. The molecule has 0 saturated carbocycles. The molecular formula is C51H29N3O2. The average molecular weight is 716 g/mol. The summed E-state index contributed by atoms with van der Waals surface area (Å²) in [6.45, 7) is 0. The predicted molar refractivity (Wildman–Crippen MR) is 229 cm³/mol. The first-order chi connectivity index (χ1) is 27.7. The van der Waals surface area contributed by atoms with Gasteiger partial charge >= 0.3 is 0 Å². The highest BCUT2D eigenvalue weighted by Crippen LogP contribution is 2.41. The van der Waals surface area contributed by atoms with Gasteiger partial charge in [-0.25, -0.2) is 15.0 Å². The first-order valence-electron chi connectivity index (χ1n) is 18.8. The third-order valence-electron chi connectivity index (χ3n) is 11.1. The maximum Gasteiger partial charge on any atom is 0.164 e. The molecule has 0 aliphatic heterocycles. The number of rotatable bonds is 4. The van der Waals surface area contributed by atoms with Crippen molar-refractivity contribution in [2.75, 3.05) is 0 Å². The molecule has 0 radical (unpaired) electrons. The fourth-order valence-corrected chi connectivity index (χ4v) is 8.48. The van der Waals surface area contributed by atoms with Crippen LogP contribution in [0.2, 0.25) is 0 Å². The van der Waals surface area contributed by atoms with Crippen molar-refractivity contribution in [2.24, 2.45) is 0 Å². The molecule has 5 heteroatoms.